The zero-order valence-corrected chi connectivity index (χ0v) is 14.4. The number of carbonyl (C=O) groups excluding carboxylic acids is 1. The van der Waals surface area contributed by atoms with Crippen LogP contribution in [0.4, 0.5) is 0 Å². The molecule has 3 aromatic rings. The Balaban J connectivity index is 1.62. The molecule has 0 fully saturated rings. The molecule has 3 rings (SSSR count). The van der Waals surface area contributed by atoms with E-state index >= 15 is 0 Å². The predicted molar refractivity (Wildman–Crippen MR) is 97.0 cm³/mol. The molecule has 1 amide bonds. The number of methoxy groups -OCH3 is 1. The molecule has 0 unspecified atom stereocenters. The van der Waals surface area contributed by atoms with Crippen LogP contribution in [0.2, 0.25) is 0 Å². The first kappa shape index (κ1) is 17.4. The van der Waals surface area contributed by atoms with Gasteiger partial charge in [0.05, 0.1) is 7.11 Å². The van der Waals surface area contributed by atoms with Crippen LogP contribution in [0, 0.1) is 0 Å². The third-order valence-corrected chi connectivity index (χ3v) is 3.70. The van der Waals surface area contributed by atoms with Gasteiger partial charge in [0.15, 0.2) is 11.5 Å². The second kappa shape index (κ2) is 8.62. The fourth-order valence-electron chi connectivity index (χ4n) is 2.36. The van der Waals surface area contributed by atoms with Gasteiger partial charge in [-0.2, -0.15) is 0 Å². The third kappa shape index (κ3) is 4.57. The van der Waals surface area contributed by atoms with Crippen LogP contribution in [-0.4, -0.2) is 23.0 Å². The second-order valence-electron chi connectivity index (χ2n) is 5.53. The van der Waals surface area contributed by atoms with E-state index in [0.29, 0.717) is 30.3 Å². The summed E-state index contributed by atoms with van der Waals surface area (Å²) in [6.45, 7) is 0.772. The maximum absolute atomic E-state index is 12.1. The number of nitrogens with zero attached hydrogens (tertiary/aromatic N) is 2. The van der Waals surface area contributed by atoms with Crippen LogP contribution in [0.5, 0.6) is 11.5 Å². The number of rotatable bonds is 7. The minimum Gasteiger partial charge on any atom is -0.493 e. The minimum atomic E-state index is -0.221. The Morgan fingerprint density at radius 2 is 1.96 bits per heavy atom. The lowest BCUT2D eigenvalue weighted by Gasteiger charge is -2.12. The van der Waals surface area contributed by atoms with Crippen molar-refractivity contribution in [2.24, 2.45) is 0 Å². The van der Waals surface area contributed by atoms with Crippen molar-refractivity contribution in [3.63, 3.8) is 0 Å². The molecule has 0 radical (unpaired) electrons. The van der Waals surface area contributed by atoms with Gasteiger partial charge in [-0.1, -0.05) is 18.2 Å². The number of aromatic nitrogens is 2. The Bertz CT molecular complexity index is 855. The van der Waals surface area contributed by atoms with Crippen LogP contribution in [0.1, 0.15) is 21.6 Å². The van der Waals surface area contributed by atoms with E-state index in [1.54, 1.807) is 43.9 Å². The zero-order valence-electron chi connectivity index (χ0n) is 14.4. The number of hydrogen-bond acceptors (Lipinski definition) is 5. The smallest absolute Gasteiger partial charge is 0.270 e. The van der Waals surface area contributed by atoms with Gasteiger partial charge >= 0.3 is 0 Å². The average Bonchev–Trinajstić information content (AvgIpc) is 2.72. The summed E-state index contributed by atoms with van der Waals surface area (Å²) in [4.78, 5) is 20.2. The van der Waals surface area contributed by atoms with Crippen molar-refractivity contribution in [3.8, 4) is 11.5 Å². The molecule has 0 saturated heterocycles. The minimum absolute atomic E-state index is 0.221. The molecule has 0 spiro atoms. The van der Waals surface area contributed by atoms with Gasteiger partial charge < -0.3 is 14.8 Å². The van der Waals surface area contributed by atoms with Crippen LogP contribution in [0.25, 0.3) is 0 Å². The molecule has 2 aromatic heterocycles. The van der Waals surface area contributed by atoms with E-state index in [-0.39, 0.29) is 5.91 Å². The highest BCUT2D eigenvalue weighted by molar-refractivity contribution is 5.92. The van der Waals surface area contributed by atoms with Gasteiger partial charge in [0.2, 0.25) is 0 Å². The molecule has 0 saturated carbocycles. The molecule has 0 bridgehead atoms. The SMILES string of the molecule is COc1cc(CNC(=O)c2ccccn2)ccc1OCc1cccnc1. The monoisotopic (exact) mass is 349 g/mol. The number of hydrogen-bond donors (Lipinski definition) is 1. The summed E-state index contributed by atoms with van der Waals surface area (Å²) in [6.07, 6.45) is 5.07. The Labute approximate surface area is 151 Å². The number of carbonyl (C=O) groups is 1. The van der Waals surface area contributed by atoms with Gasteiger partial charge in [0.1, 0.15) is 12.3 Å². The highest BCUT2D eigenvalue weighted by Gasteiger charge is 2.09. The van der Waals surface area contributed by atoms with E-state index < -0.39 is 0 Å². The number of nitrogens with one attached hydrogen (secondary N) is 1. The maximum Gasteiger partial charge on any atom is 0.270 e. The topological polar surface area (TPSA) is 73.3 Å². The lowest BCUT2D eigenvalue weighted by atomic mass is 10.2. The number of benzene rings is 1. The van der Waals surface area contributed by atoms with Crippen LogP contribution < -0.4 is 14.8 Å². The Kier molecular flexibility index (Phi) is 5.77. The lowest BCUT2D eigenvalue weighted by molar-refractivity contribution is 0.0946. The molecule has 1 N–H and O–H groups in total. The number of amides is 1. The maximum atomic E-state index is 12.1. The molecule has 0 aliphatic rings. The second-order valence-corrected chi connectivity index (χ2v) is 5.53. The van der Waals surface area contributed by atoms with E-state index in [1.807, 2.05) is 30.3 Å². The first-order valence-electron chi connectivity index (χ1n) is 8.14. The van der Waals surface area contributed by atoms with Gasteiger partial charge in [0.25, 0.3) is 5.91 Å². The van der Waals surface area contributed by atoms with Crippen LogP contribution in [0.15, 0.2) is 67.1 Å². The summed E-state index contributed by atoms with van der Waals surface area (Å²) in [7, 11) is 1.59. The van der Waals surface area contributed by atoms with Crippen LogP contribution >= 0.6 is 0 Å². The van der Waals surface area contributed by atoms with Gasteiger partial charge in [-0.25, -0.2) is 0 Å². The van der Waals surface area contributed by atoms with E-state index in [0.717, 1.165) is 11.1 Å². The lowest BCUT2D eigenvalue weighted by Crippen LogP contribution is -2.23. The van der Waals surface area contributed by atoms with Gasteiger partial charge in [-0.3, -0.25) is 14.8 Å². The molecule has 1 aromatic carbocycles. The van der Waals surface area contributed by atoms with Gasteiger partial charge in [-0.05, 0) is 35.9 Å². The standard InChI is InChI=1S/C20H19N3O3/c1-25-19-11-15(13-23-20(24)17-6-2-3-10-22-17)7-8-18(19)26-14-16-5-4-9-21-12-16/h2-12H,13-14H2,1H3,(H,23,24). The zero-order chi connectivity index (χ0) is 18.2. The quantitative estimate of drug-likeness (QED) is 0.710. The fraction of sp³-hybridized carbons (Fsp3) is 0.150. The number of pyridine rings is 2. The summed E-state index contributed by atoms with van der Waals surface area (Å²) >= 11 is 0. The van der Waals surface area contributed by atoms with Crippen LogP contribution in [0.3, 0.4) is 0 Å². The highest BCUT2D eigenvalue weighted by atomic mass is 16.5. The van der Waals surface area contributed by atoms with E-state index in [2.05, 4.69) is 15.3 Å². The molecule has 0 aliphatic carbocycles. The first-order chi connectivity index (χ1) is 12.8. The summed E-state index contributed by atoms with van der Waals surface area (Å²) in [6, 6.07) is 14.6. The van der Waals surface area contributed by atoms with Gasteiger partial charge in [0, 0.05) is 30.7 Å². The molecule has 26 heavy (non-hydrogen) atoms. The van der Waals surface area contributed by atoms with Crippen molar-refractivity contribution < 1.29 is 14.3 Å². The van der Waals surface area contributed by atoms with Crippen molar-refractivity contribution >= 4 is 5.91 Å². The van der Waals surface area contributed by atoms with Crippen molar-refractivity contribution in [2.75, 3.05) is 7.11 Å². The van der Waals surface area contributed by atoms with Gasteiger partial charge in [-0.15, -0.1) is 0 Å². The average molecular weight is 349 g/mol. The van der Waals surface area contributed by atoms with Crippen molar-refractivity contribution in [3.05, 3.63) is 83.9 Å². The Morgan fingerprint density at radius 3 is 2.69 bits per heavy atom. The predicted octanol–water partition coefficient (Wildman–Crippen LogP) is 2.99. The Hall–Kier alpha value is -3.41. The molecule has 0 aliphatic heterocycles. The van der Waals surface area contributed by atoms with E-state index in [9.17, 15) is 4.79 Å². The number of ether oxygens (including phenoxy) is 2. The summed E-state index contributed by atoms with van der Waals surface area (Å²) in [5.74, 6) is 1.02. The fourth-order valence-corrected chi connectivity index (χ4v) is 2.36. The van der Waals surface area contributed by atoms with Crippen molar-refractivity contribution in [1.82, 2.24) is 15.3 Å². The van der Waals surface area contributed by atoms with E-state index in [1.165, 1.54) is 0 Å². The summed E-state index contributed by atoms with van der Waals surface area (Å²) in [5.41, 5.74) is 2.26. The molecule has 6 heteroatoms. The highest BCUT2D eigenvalue weighted by Crippen LogP contribution is 2.28. The summed E-state index contributed by atoms with van der Waals surface area (Å²) < 4.78 is 11.2. The molecule has 0 atom stereocenters. The van der Waals surface area contributed by atoms with Crippen molar-refractivity contribution in [2.45, 2.75) is 13.2 Å². The van der Waals surface area contributed by atoms with Crippen LogP contribution in [-0.2, 0) is 13.2 Å². The third-order valence-electron chi connectivity index (χ3n) is 3.70. The first-order valence-corrected chi connectivity index (χ1v) is 8.14. The molecule has 6 nitrogen and oxygen atoms in total. The van der Waals surface area contributed by atoms with E-state index in [4.69, 9.17) is 9.47 Å². The largest absolute Gasteiger partial charge is 0.493 e. The molecule has 2 heterocycles. The molecular weight excluding hydrogens is 330 g/mol. The molecular formula is C20H19N3O3. The Morgan fingerprint density at radius 1 is 1.04 bits per heavy atom. The van der Waals surface area contributed by atoms with Crippen molar-refractivity contribution in [1.29, 1.82) is 0 Å². The summed E-state index contributed by atoms with van der Waals surface area (Å²) in [5, 5.41) is 2.84. The normalized spacial score (nSPS) is 10.2. The molecule has 132 valence electrons.